The van der Waals surface area contributed by atoms with Crippen LogP contribution in [0.2, 0.25) is 0 Å². The van der Waals surface area contributed by atoms with Gasteiger partial charge >= 0.3 is 5.97 Å². The monoisotopic (exact) mass is 572 g/mol. The summed E-state index contributed by atoms with van der Waals surface area (Å²) in [5.74, 6) is -3.03. The summed E-state index contributed by atoms with van der Waals surface area (Å²) in [6.07, 6.45) is 3.08. The van der Waals surface area contributed by atoms with Gasteiger partial charge in [-0.2, -0.15) is 0 Å². The first kappa shape index (κ1) is 31.3. The zero-order valence-corrected chi connectivity index (χ0v) is 23.0. The zero-order valence-electron chi connectivity index (χ0n) is 23.0. The SMILES string of the molecule is NC(N)=NCCC[C@H](N)C(=O)N1CCC[C@@H]1C(=O)N1CCC[C@H]1C(=O)NCC(=O)N[C@@H](Cc1ccccc1)C(=O)O. The number of guanidine groups is 1. The van der Waals surface area contributed by atoms with Crippen LogP contribution in [0.3, 0.4) is 0 Å². The molecule has 1 aromatic rings. The summed E-state index contributed by atoms with van der Waals surface area (Å²) in [6.45, 7) is 0.663. The Bertz CT molecular complexity index is 1130. The zero-order chi connectivity index (χ0) is 29.9. The number of amides is 4. The molecule has 0 bridgehead atoms. The van der Waals surface area contributed by atoms with E-state index in [0.717, 1.165) is 5.56 Å². The van der Waals surface area contributed by atoms with Gasteiger partial charge in [0.1, 0.15) is 18.1 Å². The highest BCUT2D eigenvalue weighted by Crippen LogP contribution is 2.25. The predicted octanol–water partition coefficient (Wildman–Crippen LogP) is -1.72. The lowest BCUT2D eigenvalue weighted by molar-refractivity contribution is -0.147. The minimum Gasteiger partial charge on any atom is -0.480 e. The third-order valence-electron chi connectivity index (χ3n) is 7.28. The molecule has 0 aliphatic carbocycles. The van der Waals surface area contributed by atoms with Gasteiger partial charge in [-0.3, -0.25) is 24.2 Å². The molecule has 14 nitrogen and oxygen atoms in total. The van der Waals surface area contributed by atoms with Crippen molar-refractivity contribution in [1.82, 2.24) is 20.4 Å². The van der Waals surface area contributed by atoms with E-state index in [1.54, 1.807) is 30.3 Å². The van der Waals surface area contributed by atoms with E-state index < -0.39 is 48.5 Å². The van der Waals surface area contributed by atoms with Crippen molar-refractivity contribution >= 4 is 35.6 Å². The van der Waals surface area contributed by atoms with Gasteiger partial charge in [-0.1, -0.05) is 30.3 Å². The molecule has 0 spiro atoms. The van der Waals surface area contributed by atoms with Crippen molar-refractivity contribution in [2.45, 2.75) is 69.1 Å². The van der Waals surface area contributed by atoms with Crippen LogP contribution in [0.15, 0.2) is 35.3 Å². The third-order valence-corrected chi connectivity index (χ3v) is 7.28. The lowest BCUT2D eigenvalue weighted by Gasteiger charge is -2.32. The second-order valence-electron chi connectivity index (χ2n) is 10.3. The molecule has 4 amide bonds. The van der Waals surface area contributed by atoms with Gasteiger partial charge in [-0.05, 0) is 44.1 Å². The largest absolute Gasteiger partial charge is 0.480 e. The molecule has 0 unspecified atom stereocenters. The number of carbonyl (C=O) groups is 5. The number of aliphatic carboxylic acids is 1. The highest BCUT2D eigenvalue weighted by atomic mass is 16.4. The van der Waals surface area contributed by atoms with Crippen molar-refractivity contribution in [3.05, 3.63) is 35.9 Å². The van der Waals surface area contributed by atoms with Crippen molar-refractivity contribution in [2.75, 3.05) is 26.2 Å². The second kappa shape index (κ2) is 15.0. The summed E-state index contributed by atoms with van der Waals surface area (Å²) >= 11 is 0. The summed E-state index contributed by atoms with van der Waals surface area (Å²) in [5.41, 5.74) is 17.5. The Hall–Kier alpha value is -4.20. The molecule has 0 radical (unpaired) electrons. The number of hydrogen-bond acceptors (Lipinski definition) is 7. The molecule has 41 heavy (non-hydrogen) atoms. The average Bonchev–Trinajstić information content (AvgIpc) is 3.64. The van der Waals surface area contributed by atoms with E-state index in [-0.39, 0.29) is 24.2 Å². The van der Waals surface area contributed by atoms with Crippen LogP contribution in [0.5, 0.6) is 0 Å². The number of carboxylic acid groups (broad SMARTS) is 1. The van der Waals surface area contributed by atoms with Crippen molar-refractivity contribution < 1.29 is 29.1 Å². The molecule has 9 N–H and O–H groups in total. The molecular formula is C27H40N8O6. The van der Waals surface area contributed by atoms with Gasteiger partial charge in [0.05, 0.1) is 12.6 Å². The Morgan fingerprint density at radius 2 is 1.66 bits per heavy atom. The summed E-state index contributed by atoms with van der Waals surface area (Å²) in [7, 11) is 0. The minimum atomic E-state index is -1.19. The van der Waals surface area contributed by atoms with E-state index in [1.165, 1.54) is 9.80 Å². The molecule has 2 saturated heterocycles. The summed E-state index contributed by atoms with van der Waals surface area (Å²) < 4.78 is 0. The molecule has 1 aromatic carbocycles. The maximum absolute atomic E-state index is 13.5. The summed E-state index contributed by atoms with van der Waals surface area (Å²) in [5, 5.41) is 14.5. The topological polar surface area (TPSA) is 227 Å². The number of aliphatic imine (C=N–C) groups is 1. The molecule has 3 rings (SSSR count). The maximum atomic E-state index is 13.5. The third kappa shape index (κ3) is 8.90. The van der Waals surface area contributed by atoms with Gasteiger partial charge in [0.25, 0.3) is 0 Å². The van der Waals surface area contributed by atoms with Gasteiger partial charge < -0.3 is 42.7 Å². The Kier molecular flexibility index (Phi) is 11.4. The maximum Gasteiger partial charge on any atom is 0.326 e. The van der Waals surface area contributed by atoms with Gasteiger partial charge in [0.2, 0.25) is 23.6 Å². The van der Waals surface area contributed by atoms with Crippen molar-refractivity contribution in [3.8, 4) is 0 Å². The van der Waals surface area contributed by atoms with Crippen LogP contribution in [0, 0.1) is 0 Å². The molecule has 0 aromatic heterocycles. The number of hydrogen-bond donors (Lipinski definition) is 6. The van der Waals surface area contributed by atoms with E-state index in [0.29, 0.717) is 58.2 Å². The molecule has 0 saturated carbocycles. The highest BCUT2D eigenvalue weighted by molar-refractivity contribution is 5.95. The number of carboxylic acids is 1. The van der Waals surface area contributed by atoms with Crippen LogP contribution in [0.1, 0.15) is 44.1 Å². The van der Waals surface area contributed by atoms with Gasteiger partial charge in [0, 0.05) is 26.1 Å². The lowest BCUT2D eigenvalue weighted by atomic mass is 10.1. The normalized spacial score (nSPS) is 19.7. The number of nitrogens with one attached hydrogen (secondary N) is 2. The predicted molar refractivity (Wildman–Crippen MR) is 150 cm³/mol. The molecule has 2 heterocycles. The number of carbonyl (C=O) groups excluding carboxylic acids is 4. The van der Waals surface area contributed by atoms with Gasteiger partial charge in [-0.25, -0.2) is 4.79 Å². The van der Waals surface area contributed by atoms with E-state index >= 15 is 0 Å². The average molecular weight is 573 g/mol. The van der Waals surface area contributed by atoms with Crippen LogP contribution in [-0.2, 0) is 30.4 Å². The van der Waals surface area contributed by atoms with Crippen LogP contribution < -0.4 is 27.8 Å². The Labute approximate surface area is 238 Å². The Balaban J connectivity index is 1.53. The van der Waals surface area contributed by atoms with Crippen LogP contribution in [0.25, 0.3) is 0 Å². The smallest absolute Gasteiger partial charge is 0.326 e. The van der Waals surface area contributed by atoms with Crippen molar-refractivity contribution in [2.24, 2.45) is 22.2 Å². The molecule has 2 fully saturated rings. The molecule has 2 aliphatic heterocycles. The molecule has 224 valence electrons. The summed E-state index contributed by atoms with van der Waals surface area (Å²) in [6, 6.07) is 5.42. The van der Waals surface area contributed by atoms with Crippen molar-refractivity contribution in [1.29, 1.82) is 0 Å². The highest BCUT2D eigenvalue weighted by Gasteiger charge is 2.42. The standard InChI is InChI=1S/C27H40N8O6/c28-18(9-4-12-31-27(29)30)24(38)35-14-6-11-21(35)25(39)34-13-5-10-20(34)23(37)32-16-22(36)33-19(26(40)41)15-17-7-2-1-3-8-17/h1-3,7-8,18-21H,4-6,9-16,28H2,(H,32,37)(H,33,36)(H,40,41)(H4,29,30,31)/t18-,19-,20-,21+/m0/s1. The molecule has 4 atom stereocenters. The number of rotatable bonds is 13. The van der Waals surface area contributed by atoms with E-state index in [4.69, 9.17) is 17.2 Å². The Morgan fingerprint density at radius 1 is 1.00 bits per heavy atom. The molecular weight excluding hydrogens is 532 g/mol. The molecule has 2 aliphatic rings. The first-order valence-corrected chi connectivity index (χ1v) is 13.8. The van der Waals surface area contributed by atoms with Gasteiger partial charge in [0.15, 0.2) is 5.96 Å². The quantitative estimate of drug-likeness (QED) is 0.0896. The van der Waals surface area contributed by atoms with E-state index in [1.807, 2.05) is 0 Å². The lowest BCUT2D eigenvalue weighted by Crippen LogP contribution is -2.55. The van der Waals surface area contributed by atoms with Crippen molar-refractivity contribution in [3.63, 3.8) is 0 Å². The number of nitrogens with zero attached hydrogens (tertiary/aromatic N) is 3. The first-order valence-electron chi connectivity index (χ1n) is 13.8. The van der Waals surface area contributed by atoms with Crippen LogP contribution in [-0.4, -0.2) is 101 Å². The molecule has 14 heteroatoms. The number of benzene rings is 1. The summed E-state index contributed by atoms with van der Waals surface area (Å²) in [4.78, 5) is 70.4. The van der Waals surface area contributed by atoms with E-state index in [2.05, 4.69) is 15.6 Å². The van der Waals surface area contributed by atoms with Crippen LogP contribution in [0.4, 0.5) is 0 Å². The fourth-order valence-corrected chi connectivity index (χ4v) is 5.22. The minimum absolute atomic E-state index is 0.0348. The fourth-order valence-electron chi connectivity index (χ4n) is 5.22. The van der Waals surface area contributed by atoms with Crippen LogP contribution >= 0.6 is 0 Å². The number of likely N-dealkylation sites (tertiary alicyclic amines) is 2. The second-order valence-corrected chi connectivity index (χ2v) is 10.3. The van der Waals surface area contributed by atoms with Gasteiger partial charge in [-0.15, -0.1) is 0 Å². The fraction of sp³-hybridized carbons (Fsp3) is 0.556. The Morgan fingerprint density at radius 3 is 2.32 bits per heavy atom. The first-order chi connectivity index (χ1) is 19.6. The number of nitrogens with two attached hydrogens (primary N) is 3. The van der Waals surface area contributed by atoms with E-state index in [9.17, 15) is 29.1 Å².